The Morgan fingerprint density at radius 2 is 2.11 bits per heavy atom. The number of alkyl halides is 3. The molecule has 96 valence electrons. The minimum Gasteiger partial charge on any atom is -0.365 e. The van der Waals surface area contributed by atoms with Gasteiger partial charge in [0.1, 0.15) is 5.82 Å². The molecule has 0 bridgehead atoms. The zero-order valence-corrected chi connectivity index (χ0v) is 10.4. The first kappa shape index (κ1) is 12.9. The molecule has 18 heavy (non-hydrogen) atoms. The third-order valence-corrected chi connectivity index (χ3v) is 3.43. The second kappa shape index (κ2) is 4.97. The van der Waals surface area contributed by atoms with Crippen molar-refractivity contribution in [1.82, 2.24) is 4.98 Å². The highest BCUT2D eigenvalue weighted by Crippen LogP contribution is 2.33. The summed E-state index contributed by atoms with van der Waals surface area (Å²) in [6, 6.07) is 2.31. The summed E-state index contributed by atoms with van der Waals surface area (Å²) in [6.07, 6.45) is -3.04. The van der Waals surface area contributed by atoms with Crippen molar-refractivity contribution < 1.29 is 13.2 Å². The molecule has 2 nitrogen and oxygen atoms in total. The molecule has 2 heterocycles. The summed E-state index contributed by atoms with van der Waals surface area (Å²) in [4.78, 5) is 3.75. The van der Waals surface area contributed by atoms with Gasteiger partial charge in [-0.3, -0.25) is 0 Å². The van der Waals surface area contributed by atoms with Crippen molar-refractivity contribution >= 4 is 17.2 Å². The molecular formula is C12H11F3N2S. The molecule has 0 fully saturated rings. The Balaban J connectivity index is 2.17. The first-order valence-corrected chi connectivity index (χ1v) is 6.20. The van der Waals surface area contributed by atoms with E-state index in [1.165, 1.54) is 23.6 Å². The maximum absolute atomic E-state index is 12.7. The van der Waals surface area contributed by atoms with Gasteiger partial charge in [-0.15, -0.1) is 0 Å². The fourth-order valence-electron chi connectivity index (χ4n) is 1.52. The van der Waals surface area contributed by atoms with Crippen LogP contribution in [0.2, 0.25) is 0 Å². The third kappa shape index (κ3) is 2.81. The molecule has 1 N–H and O–H groups in total. The van der Waals surface area contributed by atoms with Crippen molar-refractivity contribution in [3.63, 3.8) is 0 Å². The summed E-state index contributed by atoms with van der Waals surface area (Å²) in [5, 5.41) is 6.61. The number of nitrogens with zero attached hydrogens (tertiary/aromatic N) is 1. The lowest BCUT2D eigenvalue weighted by Gasteiger charge is -2.13. The van der Waals surface area contributed by atoms with E-state index in [1.54, 1.807) is 0 Å². The van der Waals surface area contributed by atoms with E-state index >= 15 is 0 Å². The van der Waals surface area contributed by atoms with Gasteiger partial charge in [0.25, 0.3) is 0 Å². The molecule has 0 aliphatic carbocycles. The van der Waals surface area contributed by atoms with Crippen LogP contribution in [0.25, 0.3) is 0 Å². The second-order valence-electron chi connectivity index (χ2n) is 3.83. The predicted octanol–water partition coefficient (Wildman–Crippen LogP) is 4.08. The van der Waals surface area contributed by atoms with Gasteiger partial charge in [-0.2, -0.15) is 24.5 Å². The van der Waals surface area contributed by atoms with Crippen LogP contribution in [-0.4, -0.2) is 4.98 Å². The number of thiophene rings is 1. The molecular weight excluding hydrogens is 261 g/mol. The van der Waals surface area contributed by atoms with Crippen LogP contribution in [0.15, 0.2) is 29.1 Å². The van der Waals surface area contributed by atoms with Gasteiger partial charge in [0.05, 0.1) is 5.56 Å². The zero-order valence-electron chi connectivity index (χ0n) is 9.58. The van der Waals surface area contributed by atoms with Crippen molar-refractivity contribution in [3.8, 4) is 0 Å². The van der Waals surface area contributed by atoms with Crippen LogP contribution < -0.4 is 5.32 Å². The molecule has 0 saturated carbocycles. The normalized spacial score (nSPS) is 11.6. The van der Waals surface area contributed by atoms with Crippen LogP contribution in [0.1, 0.15) is 16.7 Å². The van der Waals surface area contributed by atoms with Gasteiger partial charge in [-0.1, -0.05) is 0 Å². The average Bonchev–Trinajstić information content (AvgIpc) is 2.71. The molecule has 0 aromatic carbocycles. The lowest BCUT2D eigenvalue weighted by Crippen LogP contribution is -2.12. The van der Waals surface area contributed by atoms with Crippen LogP contribution in [0.3, 0.4) is 0 Å². The fraction of sp³-hybridized carbons (Fsp3) is 0.250. The van der Waals surface area contributed by atoms with Gasteiger partial charge < -0.3 is 5.32 Å². The molecule has 6 heteroatoms. The summed E-state index contributed by atoms with van der Waals surface area (Å²) in [5.41, 5.74) is 1.31. The van der Waals surface area contributed by atoms with Crippen LogP contribution in [0, 0.1) is 6.92 Å². The van der Waals surface area contributed by atoms with Crippen LogP contribution >= 0.6 is 11.3 Å². The van der Waals surface area contributed by atoms with E-state index in [1.807, 2.05) is 17.7 Å². The first-order valence-electron chi connectivity index (χ1n) is 5.26. The Kier molecular flexibility index (Phi) is 3.56. The fourth-order valence-corrected chi connectivity index (χ4v) is 2.38. The topological polar surface area (TPSA) is 24.9 Å². The average molecular weight is 272 g/mol. The van der Waals surface area contributed by atoms with Gasteiger partial charge in [0.2, 0.25) is 0 Å². The number of halogens is 3. The Morgan fingerprint density at radius 1 is 1.33 bits per heavy atom. The maximum Gasteiger partial charge on any atom is 0.419 e. The lowest BCUT2D eigenvalue weighted by atomic mass is 10.2. The van der Waals surface area contributed by atoms with Crippen LogP contribution in [0.5, 0.6) is 0 Å². The van der Waals surface area contributed by atoms with Crippen molar-refractivity contribution in [2.75, 3.05) is 5.32 Å². The lowest BCUT2D eigenvalue weighted by molar-refractivity contribution is -0.137. The van der Waals surface area contributed by atoms with E-state index in [0.29, 0.717) is 6.54 Å². The smallest absolute Gasteiger partial charge is 0.365 e. The molecule has 2 rings (SSSR count). The molecule has 0 aliphatic heterocycles. The first-order chi connectivity index (χ1) is 8.48. The predicted molar refractivity (Wildman–Crippen MR) is 65.6 cm³/mol. The van der Waals surface area contributed by atoms with E-state index in [4.69, 9.17) is 0 Å². The summed E-state index contributed by atoms with van der Waals surface area (Å²) in [5.74, 6) is -0.129. The Labute approximate surface area is 106 Å². The Morgan fingerprint density at radius 3 is 2.72 bits per heavy atom. The number of rotatable bonds is 3. The van der Waals surface area contributed by atoms with Gasteiger partial charge in [0.15, 0.2) is 0 Å². The van der Waals surface area contributed by atoms with Gasteiger partial charge in [-0.25, -0.2) is 4.98 Å². The zero-order chi connectivity index (χ0) is 13.2. The number of hydrogen-bond donors (Lipinski definition) is 1. The Hall–Kier alpha value is -1.56. The molecule has 0 aliphatic rings. The number of aryl methyl sites for hydroxylation is 1. The molecule has 0 radical (unpaired) electrons. The maximum atomic E-state index is 12.7. The van der Waals surface area contributed by atoms with Crippen LogP contribution in [-0.2, 0) is 12.7 Å². The van der Waals surface area contributed by atoms with Crippen molar-refractivity contribution in [2.45, 2.75) is 19.6 Å². The number of aromatic nitrogens is 1. The number of anilines is 1. The molecule has 0 atom stereocenters. The summed E-state index contributed by atoms with van der Waals surface area (Å²) in [7, 11) is 0. The second-order valence-corrected chi connectivity index (χ2v) is 4.57. The summed E-state index contributed by atoms with van der Waals surface area (Å²) >= 11 is 1.53. The molecule has 2 aromatic heterocycles. The van der Waals surface area contributed by atoms with E-state index in [2.05, 4.69) is 10.3 Å². The minimum absolute atomic E-state index is 0.129. The van der Waals surface area contributed by atoms with Gasteiger partial charge >= 0.3 is 6.18 Å². The number of nitrogens with one attached hydrogen (secondary N) is 1. The highest BCUT2D eigenvalue weighted by molar-refractivity contribution is 7.08. The van der Waals surface area contributed by atoms with Gasteiger partial charge in [0, 0.05) is 12.7 Å². The quantitative estimate of drug-likeness (QED) is 0.910. The highest BCUT2D eigenvalue weighted by atomic mass is 32.1. The highest BCUT2D eigenvalue weighted by Gasteiger charge is 2.33. The number of hydrogen-bond acceptors (Lipinski definition) is 3. The number of pyridine rings is 1. The molecule has 0 amide bonds. The molecule has 2 aromatic rings. The van der Waals surface area contributed by atoms with E-state index in [9.17, 15) is 13.2 Å². The SMILES string of the molecule is Cc1cscc1CNc1ncccc1C(F)(F)F. The molecule has 0 spiro atoms. The Bertz CT molecular complexity index is 534. The van der Waals surface area contributed by atoms with Crippen molar-refractivity contribution in [1.29, 1.82) is 0 Å². The van der Waals surface area contributed by atoms with E-state index in [-0.39, 0.29) is 5.82 Å². The molecule has 0 unspecified atom stereocenters. The van der Waals surface area contributed by atoms with Crippen molar-refractivity contribution in [2.24, 2.45) is 0 Å². The van der Waals surface area contributed by atoms with E-state index < -0.39 is 11.7 Å². The minimum atomic E-state index is -4.39. The summed E-state index contributed by atoms with van der Waals surface area (Å²) in [6.45, 7) is 2.27. The third-order valence-electron chi connectivity index (χ3n) is 2.52. The summed E-state index contributed by atoms with van der Waals surface area (Å²) < 4.78 is 38.1. The largest absolute Gasteiger partial charge is 0.419 e. The van der Waals surface area contributed by atoms with Gasteiger partial charge in [-0.05, 0) is 40.9 Å². The molecule has 0 saturated heterocycles. The monoisotopic (exact) mass is 272 g/mol. The van der Waals surface area contributed by atoms with Crippen LogP contribution in [0.4, 0.5) is 19.0 Å². The van der Waals surface area contributed by atoms with Crippen molar-refractivity contribution in [3.05, 3.63) is 45.8 Å². The standard InChI is InChI=1S/C12H11F3N2S/c1-8-6-18-7-9(8)5-17-11-10(12(13,14)15)3-2-4-16-11/h2-4,6-7H,5H2,1H3,(H,16,17). The van der Waals surface area contributed by atoms with E-state index in [0.717, 1.165) is 17.2 Å².